The molecule has 0 aliphatic heterocycles. The number of alkyl halides is 9. The molecule has 0 aromatic carbocycles. The Morgan fingerprint density at radius 2 is 1.43 bits per heavy atom. The second-order valence-electron chi connectivity index (χ2n) is 3.84. The van der Waals surface area contributed by atoms with Gasteiger partial charge in [-0.15, -0.1) is 0 Å². The van der Waals surface area contributed by atoms with Gasteiger partial charge in [0.1, 0.15) is 5.76 Å². The Morgan fingerprint density at radius 3 is 1.76 bits per heavy atom. The molecule has 0 aromatic heterocycles. The van der Waals surface area contributed by atoms with Gasteiger partial charge >= 0.3 is 23.9 Å². The summed E-state index contributed by atoms with van der Waals surface area (Å²) in [5, 5.41) is 0. The molecule has 0 aliphatic carbocycles. The third kappa shape index (κ3) is 3.85. The van der Waals surface area contributed by atoms with Crippen molar-refractivity contribution in [3.63, 3.8) is 0 Å². The van der Waals surface area contributed by atoms with E-state index in [9.17, 15) is 39.5 Å². The molecule has 0 saturated carbocycles. The summed E-state index contributed by atoms with van der Waals surface area (Å²) in [6.45, 7) is 3.35. The van der Waals surface area contributed by atoms with Crippen LogP contribution in [0.25, 0.3) is 0 Å². The average Bonchev–Trinajstić information content (AvgIpc) is 2.32. The van der Waals surface area contributed by atoms with Gasteiger partial charge in [-0.2, -0.15) is 39.5 Å². The predicted octanol–water partition coefficient (Wildman–Crippen LogP) is 4.95. The van der Waals surface area contributed by atoms with Crippen LogP contribution in [0.3, 0.4) is 0 Å². The lowest BCUT2D eigenvalue weighted by Gasteiger charge is -2.33. The highest BCUT2D eigenvalue weighted by Crippen LogP contribution is 2.53. The number of allylic oxidation sites excluding steroid dienone is 2. The summed E-state index contributed by atoms with van der Waals surface area (Å²) in [7, 11) is 0. The Balaban J connectivity index is 5.09. The van der Waals surface area contributed by atoms with Crippen LogP contribution in [-0.2, 0) is 4.74 Å². The monoisotopic (exact) mass is 330 g/mol. The Bertz CT molecular complexity index is 395. The molecule has 0 rings (SSSR count). The van der Waals surface area contributed by atoms with Crippen molar-refractivity contribution in [2.24, 2.45) is 0 Å². The molecular formula is C11H11F9O. The molecule has 0 saturated heterocycles. The Hall–Kier alpha value is -1.35. The Labute approximate surface area is 114 Å². The maximum Gasteiger partial charge on any atom is 0.460 e. The van der Waals surface area contributed by atoms with E-state index in [0.717, 1.165) is 6.08 Å². The topological polar surface area (TPSA) is 9.23 Å². The molecule has 21 heavy (non-hydrogen) atoms. The molecule has 0 unspecified atom stereocenters. The highest BCUT2D eigenvalue weighted by Gasteiger charge is 2.81. The van der Waals surface area contributed by atoms with E-state index in [4.69, 9.17) is 0 Å². The van der Waals surface area contributed by atoms with Crippen molar-refractivity contribution >= 4 is 0 Å². The van der Waals surface area contributed by atoms with Gasteiger partial charge in [0.25, 0.3) is 0 Å². The molecule has 0 atom stereocenters. The van der Waals surface area contributed by atoms with Crippen LogP contribution in [0.5, 0.6) is 0 Å². The van der Waals surface area contributed by atoms with Gasteiger partial charge in [-0.3, -0.25) is 0 Å². The number of hydrogen-bond acceptors (Lipinski definition) is 1. The van der Waals surface area contributed by atoms with Gasteiger partial charge in [-0.1, -0.05) is 6.58 Å². The van der Waals surface area contributed by atoms with E-state index in [2.05, 4.69) is 11.3 Å². The largest absolute Gasteiger partial charge is 0.494 e. The summed E-state index contributed by atoms with van der Waals surface area (Å²) in [6.07, 6.45) is -6.62. The lowest BCUT2D eigenvalue weighted by molar-refractivity contribution is -0.397. The molecule has 0 aliphatic rings. The first-order chi connectivity index (χ1) is 9.24. The highest BCUT2D eigenvalue weighted by molar-refractivity contribution is 5.07. The summed E-state index contributed by atoms with van der Waals surface area (Å²) in [6, 6.07) is 0. The second kappa shape index (κ2) is 6.18. The zero-order chi connectivity index (χ0) is 17.1. The fourth-order valence-corrected chi connectivity index (χ4v) is 1.12. The lowest BCUT2D eigenvalue weighted by atomic mass is 10.0. The third-order valence-electron chi connectivity index (χ3n) is 2.38. The SMILES string of the molecule is C=C/C(=C\C)OCCC(F)(F)C(F)(F)C(F)(F)C(F)(F)F. The van der Waals surface area contributed by atoms with E-state index in [1.165, 1.54) is 13.0 Å². The van der Waals surface area contributed by atoms with Gasteiger partial charge in [0.05, 0.1) is 13.0 Å². The van der Waals surface area contributed by atoms with Gasteiger partial charge in [0.2, 0.25) is 0 Å². The van der Waals surface area contributed by atoms with Crippen LogP contribution in [-0.4, -0.2) is 30.6 Å². The molecule has 0 radical (unpaired) electrons. The van der Waals surface area contributed by atoms with E-state index in [1.54, 1.807) is 0 Å². The van der Waals surface area contributed by atoms with Gasteiger partial charge in [0.15, 0.2) is 0 Å². The first kappa shape index (κ1) is 19.7. The minimum atomic E-state index is -6.87. The van der Waals surface area contributed by atoms with Gasteiger partial charge < -0.3 is 4.74 Å². The van der Waals surface area contributed by atoms with Crippen molar-refractivity contribution in [1.29, 1.82) is 0 Å². The zero-order valence-corrected chi connectivity index (χ0v) is 10.6. The van der Waals surface area contributed by atoms with Crippen molar-refractivity contribution in [1.82, 2.24) is 0 Å². The van der Waals surface area contributed by atoms with Crippen molar-refractivity contribution in [2.75, 3.05) is 6.61 Å². The summed E-state index contributed by atoms with van der Waals surface area (Å²) < 4.78 is 117. The number of rotatable bonds is 7. The molecule has 10 heteroatoms. The normalized spacial score (nSPS) is 15.0. The zero-order valence-electron chi connectivity index (χ0n) is 10.6. The standard InChI is InChI=1S/C11H11F9O/c1-3-7(4-2)21-6-5-8(12,13)9(14,15)10(16,17)11(18,19)20/h3-4H,1,5-6H2,2H3/b7-4+. The first-order valence-electron chi connectivity index (χ1n) is 5.36. The fraction of sp³-hybridized carbons (Fsp3) is 0.636. The molecule has 0 amide bonds. The van der Waals surface area contributed by atoms with Gasteiger partial charge in [0, 0.05) is 0 Å². The molecule has 1 nitrogen and oxygen atoms in total. The first-order valence-corrected chi connectivity index (χ1v) is 5.36. The second-order valence-corrected chi connectivity index (χ2v) is 3.84. The predicted molar refractivity (Wildman–Crippen MR) is 55.4 cm³/mol. The number of hydrogen-bond donors (Lipinski definition) is 0. The molecule has 0 heterocycles. The number of ether oxygens (including phenoxy) is 1. The van der Waals surface area contributed by atoms with E-state index in [0.29, 0.717) is 0 Å². The van der Waals surface area contributed by atoms with Gasteiger partial charge in [-0.05, 0) is 19.1 Å². The van der Waals surface area contributed by atoms with E-state index < -0.39 is 37.0 Å². The van der Waals surface area contributed by atoms with E-state index in [1.807, 2.05) is 0 Å². The third-order valence-corrected chi connectivity index (χ3v) is 2.38. The minimum absolute atomic E-state index is 0.114. The summed E-state index contributed by atoms with van der Waals surface area (Å²) >= 11 is 0. The minimum Gasteiger partial charge on any atom is -0.494 e. The molecule has 0 fully saturated rings. The molecular weight excluding hydrogens is 319 g/mol. The fourth-order valence-electron chi connectivity index (χ4n) is 1.12. The average molecular weight is 330 g/mol. The van der Waals surface area contributed by atoms with E-state index >= 15 is 0 Å². The molecule has 0 spiro atoms. The maximum atomic E-state index is 13.0. The summed E-state index contributed by atoms with van der Waals surface area (Å²) in [4.78, 5) is 0. The van der Waals surface area contributed by atoms with Crippen molar-refractivity contribution in [3.8, 4) is 0 Å². The van der Waals surface area contributed by atoms with Crippen molar-refractivity contribution in [3.05, 3.63) is 24.5 Å². The van der Waals surface area contributed by atoms with E-state index in [-0.39, 0.29) is 5.76 Å². The molecule has 124 valence electrons. The summed E-state index contributed by atoms with van der Waals surface area (Å²) in [5.41, 5.74) is 0. The molecule has 0 aromatic rings. The Kier molecular flexibility index (Phi) is 5.79. The van der Waals surface area contributed by atoms with Crippen LogP contribution in [0.1, 0.15) is 13.3 Å². The summed E-state index contributed by atoms with van der Waals surface area (Å²) in [5.74, 6) is -19.2. The highest BCUT2D eigenvalue weighted by atomic mass is 19.4. The van der Waals surface area contributed by atoms with Crippen molar-refractivity contribution < 1.29 is 44.3 Å². The lowest BCUT2D eigenvalue weighted by Crippen LogP contribution is -2.61. The molecule has 0 N–H and O–H groups in total. The van der Waals surface area contributed by atoms with Crippen LogP contribution in [0.2, 0.25) is 0 Å². The van der Waals surface area contributed by atoms with Gasteiger partial charge in [-0.25, -0.2) is 0 Å². The van der Waals surface area contributed by atoms with Crippen molar-refractivity contribution in [2.45, 2.75) is 37.3 Å². The van der Waals surface area contributed by atoms with Crippen LogP contribution in [0, 0.1) is 0 Å². The van der Waals surface area contributed by atoms with Crippen LogP contribution < -0.4 is 0 Å². The quantitative estimate of drug-likeness (QED) is 0.364. The Morgan fingerprint density at radius 1 is 0.952 bits per heavy atom. The maximum absolute atomic E-state index is 13.0. The van der Waals surface area contributed by atoms with Crippen LogP contribution in [0.4, 0.5) is 39.5 Å². The van der Waals surface area contributed by atoms with Crippen LogP contribution in [0.15, 0.2) is 24.5 Å². The number of halogens is 9. The van der Waals surface area contributed by atoms with Crippen LogP contribution >= 0.6 is 0 Å². The molecule has 0 bridgehead atoms. The smallest absolute Gasteiger partial charge is 0.460 e.